The minimum Gasteiger partial charge on any atom is -0.487 e. The van der Waals surface area contributed by atoms with Gasteiger partial charge in [0.1, 0.15) is 18.0 Å². The first-order valence-corrected chi connectivity index (χ1v) is 9.89. The number of para-hydroxylation sites is 1. The molecule has 6 nitrogen and oxygen atoms in total. The number of thiazole rings is 1. The van der Waals surface area contributed by atoms with Crippen molar-refractivity contribution in [3.63, 3.8) is 0 Å². The predicted molar refractivity (Wildman–Crippen MR) is 114 cm³/mol. The van der Waals surface area contributed by atoms with Crippen molar-refractivity contribution in [2.75, 3.05) is 5.32 Å². The number of nitrogens with zero attached hydrogens (tertiary/aromatic N) is 3. The van der Waals surface area contributed by atoms with Gasteiger partial charge in [-0.3, -0.25) is 10.1 Å². The molecule has 0 fully saturated rings. The van der Waals surface area contributed by atoms with Gasteiger partial charge in [0, 0.05) is 18.0 Å². The first kappa shape index (κ1) is 17.4. The van der Waals surface area contributed by atoms with Gasteiger partial charge in [-0.25, -0.2) is 9.97 Å². The third-order valence-electron chi connectivity index (χ3n) is 4.43. The number of ether oxygens (including phenoxy) is 1. The number of aromatic nitrogens is 3. The molecular weight excluding hydrogens is 384 g/mol. The van der Waals surface area contributed by atoms with E-state index in [4.69, 9.17) is 4.74 Å². The number of hydrogen-bond donors (Lipinski definition) is 1. The molecule has 0 atom stereocenters. The largest absolute Gasteiger partial charge is 0.487 e. The van der Waals surface area contributed by atoms with Crippen LogP contribution in [0, 0.1) is 0 Å². The van der Waals surface area contributed by atoms with Crippen LogP contribution >= 0.6 is 11.3 Å². The molecule has 1 N–H and O–H groups in total. The van der Waals surface area contributed by atoms with Crippen LogP contribution in [-0.2, 0) is 6.61 Å². The van der Waals surface area contributed by atoms with Crippen LogP contribution in [0.25, 0.3) is 15.9 Å². The van der Waals surface area contributed by atoms with Gasteiger partial charge < -0.3 is 9.14 Å². The molecule has 142 valence electrons. The molecule has 5 rings (SSSR count). The lowest BCUT2D eigenvalue weighted by molar-refractivity contribution is 0.102. The Morgan fingerprint density at radius 2 is 1.83 bits per heavy atom. The Kier molecular flexibility index (Phi) is 4.42. The minimum atomic E-state index is -0.198. The number of fused-ring (bicyclic) bond motifs is 2. The summed E-state index contributed by atoms with van der Waals surface area (Å²) in [7, 11) is 0. The van der Waals surface area contributed by atoms with Gasteiger partial charge >= 0.3 is 0 Å². The monoisotopic (exact) mass is 400 g/mol. The maximum Gasteiger partial charge on any atom is 0.257 e. The second-order valence-electron chi connectivity index (χ2n) is 6.45. The summed E-state index contributed by atoms with van der Waals surface area (Å²) in [6.45, 7) is 0.360. The smallest absolute Gasteiger partial charge is 0.257 e. The number of imidazole rings is 1. The van der Waals surface area contributed by atoms with E-state index in [-0.39, 0.29) is 5.91 Å². The molecule has 0 aliphatic carbocycles. The Bertz CT molecular complexity index is 1240. The second-order valence-corrected chi connectivity index (χ2v) is 7.48. The molecule has 0 saturated heterocycles. The van der Waals surface area contributed by atoms with Gasteiger partial charge in [-0.1, -0.05) is 29.5 Å². The number of hydrogen-bond acceptors (Lipinski definition) is 5. The van der Waals surface area contributed by atoms with Crippen LogP contribution in [0.5, 0.6) is 5.75 Å². The van der Waals surface area contributed by atoms with Crippen LogP contribution in [0.1, 0.15) is 16.1 Å². The fraction of sp³-hybridized carbons (Fsp3) is 0.0455. The Morgan fingerprint density at radius 1 is 1.00 bits per heavy atom. The predicted octanol–water partition coefficient (Wildman–Crippen LogP) is 4.78. The van der Waals surface area contributed by atoms with E-state index in [1.807, 2.05) is 59.3 Å². The Hall–Kier alpha value is -3.71. The first-order chi connectivity index (χ1) is 14.2. The van der Waals surface area contributed by atoms with Gasteiger partial charge in [-0.15, -0.1) is 0 Å². The number of benzene rings is 2. The van der Waals surface area contributed by atoms with Gasteiger partial charge in [-0.2, -0.15) is 0 Å². The van der Waals surface area contributed by atoms with Crippen LogP contribution in [0.15, 0.2) is 79.1 Å². The van der Waals surface area contributed by atoms with Crippen LogP contribution in [0.2, 0.25) is 0 Å². The number of anilines is 1. The molecule has 29 heavy (non-hydrogen) atoms. The number of carbonyl (C=O) groups is 1. The lowest BCUT2D eigenvalue weighted by atomic mass is 10.2. The van der Waals surface area contributed by atoms with Crippen LogP contribution in [0.4, 0.5) is 5.13 Å². The number of nitrogens with one attached hydrogen (secondary N) is 1. The van der Waals surface area contributed by atoms with Crippen molar-refractivity contribution in [1.29, 1.82) is 0 Å². The average Bonchev–Trinajstić information content (AvgIpc) is 3.35. The molecule has 3 heterocycles. The molecule has 5 aromatic rings. The average molecular weight is 400 g/mol. The summed E-state index contributed by atoms with van der Waals surface area (Å²) in [5, 5.41) is 3.44. The van der Waals surface area contributed by atoms with Crippen LogP contribution in [-0.4, -0.2) is 20.3 Å². The molecule has 0 radical (unpaired) electrons. The summed E-state index contributed by atoms with van der Waals surface area (Å²) in [6.07, 6.45) is 3.89. The molecule has 1 amide bonds. The number of amides is 1. The van der Waals surface area contributed by atoms with Crippen molar-refractivity contribution in [2.24, 2.45) is 0 Å². The fourth-order valence-corrected chi connectivity index (χ4v) is 3.87. The fourth-order valence-electron chi connectivity index (χ4n) is 3.01. The highest BCUT2D eigenvalue weighted by Crippen LogP contribution is 2.26. The minimum absolute atomic E-state index is 0.198. The molecular formula is C22H16N4O2S. The zero-order valence-electron chi connectivity index (χ0n) is 15.3. The van der Waals surface area contributed by atoms with Gasteiger partial charge in [-0.05, 0) is 48.5 Å². The van der Waals surface area contributed by atoms with Crippen molar-refractivity contribution in [2.45, 2.75) is 6.61 Å². The maximum absolute atomic E-state index is 12.5. The Labute approximate surface area is 170 Å². The normalized spacial score (nSPS) is 11.0. The van der Waals surface area contributed by atoms with Crippen molar-refractivity contribution < 1.29 is 9.53 Å². The highest BCUT2D eigenvalue weighted by molar-refractivity contribution is 7.22. The van der Waals surface area contributed by atoms with E-state index in [0.29, 0.717) is 23.1 Å². The zero-order valence-corrected chi connectivity index (χ0v) is 16.1. The summed E-state index contributed by atoms with van der Waals surface area (Å²) in [5.74, 6) is 0.481. The van der Waals surface area contributed by atoms with Crippen LogP contribution < -0.4 is 10.1 Å². The van der Waals surface area contributed by atoms with E-state index in [1.165, 1.54) is 11.3 Å². The zero-order chi connectivity index (χ0) is 19.6. The molecule has 0 spiro atoms. The lowest BCUT2D eigenvalue weighted by Crippen LogP contribution is -2.11. The number of rotatable bonds is 5. The van der Waals surface area contributed by atoms with E-state index in [9.17, 15) is 4.79 Å². The molecule has 3 aromatic heterocycles. The summed E-state index contributed by atoms with van der Waals surface area (Å²) in [4.78, 5) is 21.4. The molecule has 0 aliphatic rings. The van der Waals surface area contributed by atoms with Crippen LogP contribution in [0.3, 0.4) is 0 Å². The van der Waals surface area contributed by atoms with Crippen molar-refractivity contribution in [3.8, 4) is 5.75 Å². The van der Waals surface area contributed by atoms with E-state index in [0.717, 1.165) is 21.6 Å². The quantitative estimate of drug-likeness (QED) is 0.461. The molecule has 7 heteroatoms. The maximum atomic E-state index is 12.5. The second kappa shape index (κ2) is 7.37. The Morgan fingerprint density at radius 3 is 2.66 bits per heavy atom. The van der Waals surface area contributed by atoms with Gasteiger partial charge in [0.2, 0.25) is 0 Å². The van der Waals surface area contributed by atoms with Gasteiger partial charge in [0.15, 0.2) is 5.13 Å². The topological polar surface area (TPSA) is 68.5 Å². The highest BCUT2D eigenvalue weighted by atomic mass is 32.1. The number of carbonyl (C=O) groups excluding carboxylic acids is 1. The van der Waals surface area contributed by atoms with Crippen molar-refractivity contribution >= 4 is 38.2 Å². The summed E-state index contributed by atoms with van der Waals surface area (Å²) < 4.78 is 8.79. The molecule has 0 saturated carbocycles. The van der Waals surface area contributed by atoms with E-state index < -0.39 is 0 Å². The third-order valence-corrected chi connectivity index (χ3v) is 5.38. The van der Waals surface area contributed by atoms with E-state index in [2.05, 4.69) is 15.3 Å². The molecule has 0 unspecified atom stereocenters. The van der Waals surface area contributed by atoms with E-state index >= 15 is 0 Å². The van der Waals surface area contributed by atoms with Gasteiger partial charge in [0.25, 0.3) is 5.91 Å². The molecule has 0 aliphatic heterocycles. The Balaban J connectivity index is 1.23. The first-order valence-electron chi connectivity index (χ1n) is 9.07. The highest BCUT2D eigenvalue weighted by Gasteiger charge is 2.10. The molecule has 2 aromatic carbocycles. The summed E-state index contributed by atoms with van der Waals surface area (Å²) in [6, 6.07) is 20.7. The molecule has 0 bridgehead atoms. The standard InChI is InChI=1S/C22H16N4O2S/c27-21(25-22-24-18-5-1-2-6-19(18)29-22)15-8-10-17(11-9-15)28-14-16-13-26-12-4-3-7-20(26)23-16/h1-13H,14H2,(H,24,25,27). The SMILES string of the molecule is O=C(Nc1nc2ccccc2s1)c1ccc(OCc2cn3ccccc3n2)cc1. The third kappa shape index (κ3) is 3.68. The van der Waals surface area contributed by atoms with Crippen molar-refractivity contribution in [1.82, 2.24) is 14.4 Å². The van der Waals surface area contributed by atoms with Crippen molar-refractivity contribution in [3.05, 3.63) is 90.4 Å². The summed E-state index contributed by atoms with van der Waals surface area (Å²) in [5.41, 5.74) is 3.15. The lowest BCUT2D eigenvalue weighted by Gasteiger charge is -2.06. The summed E-state index contributed by atoms with van der Waals surface area (Å²) >= 11 is 1.45. The van der Waals surface area contributed by atoms with E-state index in [1.54, 1.807) is 24.3 Å². The number of pyridine rings is 1. The van der Waals surface area contributed by atoms with Gasteiger partial charge in [0.05, 0.1) is 15.9 Å².